The maximum Gasteiger partial charge on any atom is 0.156 e. The van der Waals surface area contributed by atoms with E-state index in [1.165, 1.54) is 0 Å². The molecule has 1 N–H and O–H groups in total. The average Bonchev–Trinajstić information content (AvgIpc) is 2.72. The van der Waals surface area contributed by atoms with Crippen molar-refractivity contribution in [2.45, 2.75) is 32.4 Å². The second-order valence-corrected chi connectivity index (χ2v) is 5.14. The molecule has 4 heteroatoms. The zero-order valence-corrected chi connectivity index (χ0v) is 9.64. The predicted molar refractivity (Wildman–Crippen MR) is 60.9 cm³/mol. The number of ether oxygens (including phenoxy) is 1. The molecule has 0 amide bonds. The highest BCUT2D eigenvalue weighted by Gasteiger charge is 2.24. The van der Waals surface area contributed by atoms with Gasteiger partial charge < -0.3 is 10.1 Å². The molecule has 0 saturated carbocycles. The van der Waals surface area contributed by atoms with Crippen LogP contribution in [0.15, 0.2) is 4.99 Å². The lowest BCUT2D eigenvalue weighted by Crippen LogP contribution is -2.24. The van der Waals surface area contributed by atoms with E-state index in [-0.39, 0.29) is 0 Å². The van der Waals surface area contributed by atoms with Gasteiger partial charge in [-0.2, -0.15) is 0 Å². The van der Waals surface area contributed by atoms with Crippen LogP contribution in [0.2, 0.25) is 0 Å². The van der Waals surface area contributed by atoms with Crippen molar-refractivity contribution < 1.29 is 4.74 Å². The molecule has 2 aliphatic rings. The van der Waals surface area contributed by atoms with Crippen LogP contribution in [0.25, 0.3) is 0 Å². The summed E-state index contributed by atoms with van der Waals surface area (Å²) in [4.78, 5) is 4.59. The van der Waals surface area contributed by atoms with Crippen LogP contribution in [0.1, 0.15) is 20.3 Å². The first-order valence-corrected chi connectivity index (χ1v) is 6.29. The van der Waals surface area contributed by atoms with Crippen LogP contribution >= 0.6 is 11.8 Å². The zero-order chi connectivity index (χ0) is 9.97. The van der Waals surface area contributed by atoms with Gasteiger partial charge in [0, 0.05) is 30.9 Å². The molecule has 2 fully saturated rings. The third-order valence-electron chi connectivity index (χ3n) is 2.84. The SMILES string of the molecule is CC1CSC(=NCC2CCOC2C)N1. The summed E-state index contributed by atoms with van der Waals surface area (Å²) in [7, 11) is 0. The molecule has 0 spiro atoms. The standard InChI is InChI=1S/C10H18N2OS/c1-7-6-14-10(12-7)11-5-9-3-4-13-8(9)2/h7-9H,3-6H2,1-2H3,(H,11,12). The number of amidine groups is 1. The maximum absolute atomic E-state index is 5.51. The van der Waals surface area contributed by atoms with E-state index in [2.05, 4.69) is 24.2 Å². The topological polar surface area (TPSA) is 33.6 Å². The maximum atomic E-state index is 5.51. The minimum Gasteiger partial charge on any atom is -0.378 e. The highest BCUT2D eigenvalue weighted by atomic mass is 32.2. The Balaban J connectivity index is 1.81. The first-order chi connectivity index (χ1) is 6.75. The summed E-state index contributed by atoms with van der Waals surface area (Å²) < 4.78 is 5.51. The quantitative estimate of drug-likeness (QED) is 0.756. The summed E-state index contributed by atoms with van der Waals surface area (Å²) in [5, 5.41) is 4.49. The first kappa shape index (κ1) is 10.3. The molecule has 0 bridgehead atoms. The monoisotopic (exact) mass is 214 g/mol. The Kier molecular flexibility index (Phi) is 3.34. The molecule has 3 nitrogen and oxygen atoms in total. The van der Waals surface area contributed by atoms with Gasteiger partial charge in [-0.05, 0) is 20.3 Å². The van der Waals surface area contributed by atoms with E-state index < -0.39 is 0 Å². The normalized spacial score (nSPS) is 40.4. The van der Waals surface area contributed by atoms with Crippen molar-refractivity contribution in [1.29, 1.82) is 0 Å². The molecule has 0 aromatic heterocycles. The van der Waals surface area contributed by atoms with Gasteiger partial charge in [0.2, 0.25) is 0 Å². The molecule has 2 rings (SSSR count). The molecule has 2 aliphatic heterocycles. The van der Waals surface area contributed by atoms with E-state index in [1.807, 2.05) is 11.8 Å². The zero-order valence-electron chi connectivity index (χ0n) is 8.82. The van der Waals surface area contributed by atoms with Gasteiger partial charge in [0.1, 0.15) is 0 Å². The molecule has 0 radical (unpaired) electrons. The summed E-state index contributed by atoms with van der Waals surface area (Å²) in [6, 6.07) is 0.580. The van der Waals surface area contributed by atoms with Gasteiger partial charge in [-0.3, -0.25) is 4.99 Å². The van der Waals surface area contributed by atoms with Gasteiger partial charge in [0.05, 0.1) is 6.10 Å². The Labute approximate surface area is 89.7 Å². The number of rotatable bonds is 2. The summed E-state index contributed by atoms with van der Waals surface area (Å²) in [6.07, 6.45) is 1.56. The van der Waals surface area contributed by atoms with Gasteiger partial charge in [-0.15, -0.1) is 0 Å². The first-order valence-electron chi connectivity index (χ1n) is 5.31. The number of nitrogens with one attached hydrogen (secondary N) is 1. The number of hydrogen-bond donors (Lipinski definition) is 1. The second-order valence-electron chi connectivity index (χ2n) is 4.13. The molecule has 14 heavy (non-hydrogen) atoms. The fourth-order valence-electron chi connectivity index (χ4n) is 1.81. The van der Waals surface area contributed by atoms with Crippen molar-refractivity contribution in [3.63, 3.8) is 0 Å². The minimum absolute atomic E-state index is 0.392. The lowest BCUT2D eigenvalue weighted by molar-refractivity contribution is 0.107. The lowest BCUT2D eigenvalue weighted by atomic mass is 10.0. The van der Waals surface area contributed by atoms with Gasteiger partial charge >= 0.3 is 0 Å². The smallest absolute Gasteiger partial charge is 0.156 e. The molecular formula is C10H18N2OS. The van der Waals surface area contributed by atoms with Crippen molar-refractivity contribution in [3.05, 3.63) is 0 Å². The van der Waals surface area contributed by atoms with E-state index in [1.54, 1.807) is 0 Å². The Hall–Kier alpha value is -0.220. The average molecular weight is 214 g/mol. The van der Waals surface area contributed by atoms with Crippen molar-refractivity contribution >= 4 is 16.9 Å². The minimum atomic E-state index is 0.392. The summed E-state index contributed by atoms with van der Waals surface area (Å²) in [5.74, 6) is 1.77. The van der Waals surface area contributed by atoms with Crippen molar-refractivity contribution in [3.8, 4) is 0 Å². The van der Waals surface area contributed by atoms with E-state index in [9.17, 15) is 0 Å². The lowest BCUT2D eigenvalue weighted by Gasteiger charge is -2.11. The van der Waals surface area contributed by atoms with Crippen LogP contribution in [0.5, 0.6) is 0 Å². The van der Waals surface area contributed by atoms with Crippen LogP contribution in [-0.2, 0) is 4.74 Å². The van der Waals surface area contributed by atoms with E-state index in [0.29, 0.717) is 18.1 Å². The summed E-state index contributed by atoms with van der Waals surface area (Å²) >= 11 is 1.83. The highest BCUT2D eigenvalue weighted by Crippen LogP contribution is 2.21. The largest absolute Gasteiger partial charge is 0.378 e. The van der Waals surface area contributed by atoms with E-state index in [0.717, 1.165) is 30.5 Å². The van der Waals surface area contributed by atoms with Crippen LogP contribution < -0.4 is 5.32 Å². The van der Waals surface area contributed by atoms with Gasteiger partial charge in [0.15, 0.2) is 5.17 Å². The summed E-state index contributed by atoms with van der Waals surface area (Å²) in [5.41, 5.74) is 0. The van der Waals surface area contributed by atoms with Crippen molar-refractivity contribution in [1.82, 2.24) is 5.32 Å². The van der Waals surface area contributed by atoms with Gasteiger partial charge in [0.25, 0.3) is 0 Å². The second kappa shape index (κ2) is 4.53. The number of hydrogen-bond acceptors (Lipinski definition) is 3. The van der Waals surface area contributed by atoms with Crippen LogP contribution in [0.3, 0.4) is 0 Å². The number of aliphatic imine (C=N–C) groups is 1. The third-order valence-corrected chi connectivity index (χ3v) is 4.03. The number of nitrogens with zero attached hydrogens (tertiary/aromatic N) is 1. The molecule has 3 unspecified atom stereocenters. The molecule has 0 aliphatic carbocycles. The Morgan fingerprint density at radius 2 is 2.43 bits per heavy atom. The fraction of sp³-hybridized carbons (Fsp3) is 0.900. The van der Waals surface area contributed by atoms with Crippen molar-refractivity contribution in [2.24, 2.45) is 10.9 Å². The third kappa shape index (κ3) is 2.42. The Bertz CT molecular complexity index is 232. The predicted octanol–water partition coefficient (Wildman–Crippen LogP) is 1.49. The van der Waals surface area contributed by atoms with E-state index >= 15 is 0 Å². The molecule has 2 saturated heterocycles. The van der Waals surface area contributed by atoms with Gasteiger partial charge in [-0.1, -0.05) is 11.8 Å². The van der Waals surface area contributed by atoms with Crippen LogP contribution in [0, 0.1) is 5.92 Å². The van der Waals surface area contributed by atoms with E-state index in [4.69, 9.17) is 4.74 Å². The van der Waals surface area contributed by atoms with Crippen LogP contribution in [0.4, 0.5) is 0 Å². The summed E-state index contributed by atoms with van der Waals surface area (Å²) in [6.45, 7) is 6.17. The fourth-order valence-corrected chi connectivity index (χ4v) is 2.75. The molecule has 0 aromatic rings. The molecular weight excluding hydrogens is 196 g/mol. The van der Waals surface area contributed by atoms with Crippen LogP contribution in [-0.4, -0.2) is 36.2 Å². The van der Waals surface area contributed by atoms with Gasteiger partial charge in [-0.25, -0.2) is 0 Å². The molecule has 3 atom stereocenters. The Morgan fingerprint density at radius 3 is 3.00 bits per heavy atom. The molecule has 80 valence electrons. The number of thioether (sulfide) groups is 1. The van der Waals surface area contributed by atoms with Crippen molar-refractivity contribution in [2.75, 3.05) is 18.9 Å². The Morgan fingerprint density at radius 1 is 1.57 bits per heavy atom. The highest BCUT2D eigenvalue weighted by molar-refractivity contribution is 8.14. The molecule has 0 aromatic carbocycles. The molecule has 2 heterocycles.